The number of nitrogens with zero attached hydrogens (tertiary/aromatic N) is 2. The van der Waals surface area contributed by atoms with E-state index in [1.54, 1.807) is 26.8 Å². The van der Waals surface area contributed by atoms with E-state index >= 15 is 0 Å². The van der Waals surface area contributed by atoms with Gasteiger partial charge in [-0.3, -0.25) is 4.79 Å². The van der Waals surface area contributed by atoms with Crippen molar-refractivity contribution < 1.29 is 19.0 Å². The van der Waals surface area contributed by atoms with E-state index in [-0.39, 0.29) is 11.6 Å². The molecule has 0 aliphatic carbocycles. The maximum absolute atomic E-state index is 14.4. The molecule has 1 aromatic carbocycles. The number of carbonyl (C=O) groups excluding carboxylic acids is 1. The molecule has 1 aromatic heterocycles. The van der Waals surface area contributed by atoms with E-state index < -0.39 is 25.4 Å². The number of aromatic nitrogens is 2. The molecular formula is C23H30FN3O3Si. The molecule has 6 nitrogen and oxygen atoms in total. The van der Waals surface area contributed by atoms with Crippen molar-refractivity contribution in [1.82, 2.24) is 9.97 Å². The molecule has 0 fully saturated rings. The molecule has 0 aliphatic rings. The Bertz CT molecular complexity index is 988. The molecule has 166 valence electrons. The first-order valence-corrected chi connectivity index (χ1v) is 13.8. The number of nitrogens with one attached hydrogen (secondary N) is 1. The van der Waals surface area contributed by atoms with Crippen LogP contribution in [0.2, 0.25) is 25.7 Å². The van der Waals surface area contributed by atoms with Gasteiger partial charge in [0.15, 0.2) is 0 Å². The first-order chi connectivity index (χ1) is 14.4. The highest BCUT2D eigenvalue weighted by molar-refractivity contribution is 6.76. The number of aliphatic hydroxyl groups excluding tert-OH is 1. The number of rotatable bonds is 6. The van der Waals surface area contributed by atoms with Crippen LogP contribution in [0.25, 0.3) is 0 Å². The quantitative estimate of drug-likeness (QED) is 0.511. The highest BCUT2D eigenvalue weighted by Gasteiger charge is 2.22. The van der Waals surface area contributed by atoms with Crippen LogP contribution < -0.4 is 10.1 Å². The van der Waals surface area contributed by atoms with Gasteiger partial charge in [0.2, 0.25) is 11.8 Å². The monoisotopic (exact) mass is 443 g/mol. The van der Waals surface area contributed by atoms with Gasteiger partial charge < -0.3 is 15.2 Å². The largest absolute Gasteiger partial charge is 0.478 e. The van der Waals surface area contributed by atoms with Crippen LogP contribution >= 0.6 is 0 Å². The minimum absolute atomic E-state index is 0.0839. The van der Waals surface area contributed by atoms with Crippen LogP contribution in [0.15, 0.2) is 30.7 Å². The van der Waals surface area contributed by atoms with Gasteiger partial charge in [-0.15, -0.1) is 0 Å². The zero-order valence-corrected chi connectivity index (χ0v) is 19.9. The third-order valence-corrected chi connectivity index (χ3v) is 6.04. The summed E-state index contributed by atoms with van der Waals surface area (Å²) in [6.07, 6.45) is 1.63. The molecule has 2 N–H and O–H groups in total. The van der Waals surface area contributed by atoms with E-state index in [2.05, 4.69) is 46.8 Å². The maximum atomic E-state index is 14.4. The van der Waals surface area contributed by atoms with E-state index in [9.17, 15) is 14.3 Å². The molecule has 8 heteroatoms. The number of carbonyl (C=O) groups is 1. The predicted molar refractivity (Wildman–Crippen MR) is 122 cm³/mol. The van der Waals surface area contributed by atoms with E-state index in [0.717, 1.165) is 6.04 Å². The lowest BCUT2D eigenvalue weighted by molar-refractivity contribution is -0.123. The average Bonchev–Trinajstić information content (AvgIpc) is 2.66. The molecule has 1 atom stereocenters. The number of benzene rings is 1. The minimum atomic E-state index is -1.27. The molecule has 0 saturated carbocycles. The van der Waals surface area contributed by atoms with Gasteiger partial charge in [-0.05, 0) is 24.2 Å². The lowest BCUT2D eigenvalue weighted by Crippen LogP contribution is -2.28. The lowest BCUT2D eigenvalue weighted by atomic mass is 9.95. The summed E-state index contributed by atoms with van der Waals surface area (Å²) in [7, 11) is -1.27. The highest BCUT2D eigenvalue weighted by Crippen LogP contribution is 2.23. The zero-order chi connectivity index (χ0) is 23.2. The second kappa shape index (κ2) is 10.0. The smallest absolute Gasteiger partial charge is 0.229 e. The Labute approximate surface area is 184 Å². The number of halogens is 1. The molecule has 31 heavy (non-hydrogen) atoms. The summed E-state index contributed by atoms with van der Waals surface area (Å²) in [6, 6.07) is 5.19. The van der Waals surface area contributed by atoms with Gasteiger partial charge in [0.05, 0.1) is 17.9 Å². The molecule has 1 amide bonds. The van der Waals surface area contributed by atoms with Crippen molar-refractivity contribution in [2.45, 2.75) is 52.6 Å². The van der Waals surface area contributed by atoms with E-state index in [1.807, 2.05) is 0 Å². The van der Waals surface area contributed by atoms with Crippen molar-refractivity contribution >= 4 is 19.7 Å². The summed E-state index contributed by atoms with van der Waals surface area (Å²) in [6.45, 7) is 12.5. The summed E-state index contributed by atoms with van der Waals surface area (Å²) in [5, 5.41) is 13.0. The summed E-state index contributed by atoms with van der Waals surface area (Å²) in [5.41, 5.74) is 0.172. The fourth-order valence-corrected chi connectivity index (χ4v) is 3.04. The van der Waals surface area contributed by atoms with Crippen molar-refractivity contribution in [3.05, 3.63) is 47.7 Å². The first-order valence-electron chi connectivity index (χ1n) is 10.1. The third-order valence-electron chi connectivity index (χ3n) is 4.34. The first kappa shape index (κ1) is 24.5. The molecule has 0 saturated heterocycles. The second-order valence-electron chi connectivity index (χ2n) is 9.51. The van der Waals surface area contributed by atoms with Gasteiger partial charge in [-0.2, -0.15) is 0 Å². The number of hydrogen-bond donors (Lipinski definition) is 2. The van der Waals surface area contributed by atoms with Gasteiger partial charge >= 0.3 is 0 Å². The van der Waals surface area contributed by atoms with Crippen molar-refractivity contribution in [2.75, 3.05) is 11.9 Å². The Kier molecular flexibility index (Phi) is 7.93. The molecule has 0 bridgehead atoms. The predicted octanol–water partition coefficient (Wildman–Crippen LogP) is 4.40. The minimum Gasteiger partial charge on any atom is -0.478 e. The third kappa shape index (κ3) is 7.77. The number of hydrogen-bond acceptors (Lipinski definition) is 5. The van der Waals surface area contributed by atoms with Gasteiger partial charge in [0, 0.05) is 25.2 Å². The summed E-state index contributed by atoms with van der Waals surface area (Å²) in [5.74, 6) is 4.83. The van der Waals surface area contributed by atoms with Gasteiger partial charge in [0.25, 0.3) is 0 Å². The lowest BCUT2D eigenvalue weighted by Gasteiger charge is -2.18. The standard InChI is InChI=1S/C23H30FN3O3Si/c1-23(2,3)22(29)27-19-9-7-16(13-18(19)24)8-10-20(28)17-14-25-15-26-21(17)30-11-12-31(4,5)6/h7,9,13-15,20,28H,11-12H2,1-6H3,(H,27,29). The molecule has 2 aromatic rings. The highest BCUT2D eigenvalue weighted by atomic mass is 28.3. The molecule has 0 spiro atoms. The molecule has 0 aliphatic heterocycles. The number of amides is 1. The SMILES string of the molecule is CC(C)(C)C(=O)Nc1ccc(C#CC(O)c2cncnc2OCC[Si](C)(C)C)cc1F. The van der Waals surface area contributed by atoms with E-state index in [0.29, 0.717) is 23.6 Å². The van der Waals surface area contributed by atoms with E-state index in [1.165, 1.54) is 24.7 Å². The summed E-state index contributed by atoms with van der Waals surface area (Å²) < 4.78 is 20.1. The van der Waals surface area contributed by atoms with Crippen LogP contribution in [0.4, 0.5) is 10.1 Å². The van der Waals surface area contributed by atoms with Crippen molar-refractivity contribution in [3.63, 3.8) is 0 Å². The van der Waals surface area contributed by atoms with Crippen LogP contribution in [0, 0.1) is 23.1 Å². The van der Waals surface area contributed by atoms with E-state index in [4.69, 9.17) is 4.74 Å². The maximum Gasteiger partial charge on any atom is 0.229 e. The number of anilines is 1. The van der Waals surface area contributed by atoms with Crippen LogP contribution in [-0.2, 0) is 4.79 Å². The Hall–Kier alpha value is -2.76. The number of ether oxygens (including phenoxy) is 1. The van der Waals surface area contributed by atoms with Crippen LogP contribution in [0.3, 0.4) is 0 Å². The van der Waals surface area contributed by atoms with Crippen molar-refractivity contribution in [2.24, 2.45) is 5.41 Å². The van der Waals surface area contributed by atoms with Crippen LogP contribution in [-0.4, -0.2) is 35.7 Å². The summed E-state index contributed by atoms with van der Waals surface area (Å²) >= 11 is 0. The average molecular weight is 444 g/mol. The van der Waals surface area contributed by atoms with Gasteiger partial charge in [-0.1, -0.05) is 52.3 Å². The Morgan fingerprint density at radius 1 is 1.32 bits per heavy atom. The van der Waals surface area contributed by atoms with Gasteiger partial charge in [-0.25, -0.2) is 14.4 Å². The Morgan fingerprint density at radius 3 is 2.65 bits per heavy atom. The summed E-state index contributed by atoms with van der Waals surface area (Å²) in [4.78, 5) is 20.1. The molecule has 0 radical (unpaired) electrons. The zero-order valence-electron chi connectivity index (χ0n) is 18.9. The van der Waals surface area contributed by atoms with Crippen molar-refractivity contribution in [3.8, 4) is 17.7 Å². The van der Waals surface area contributed by atoms with Crippen molar-refractivity contribution in [1.29, 1.82) is 0 Å². The molecule has 2 rings (SSSR count). The normalized spacial score (nSPS) is 12.5. The number of aliphatic hydroxyl groups is 1. The molecular weight excluding hydrogens is 413 g/mol. The second-order valence-corrected chi connectivity index (χ2v) is 15.1. The molecule has 1 unspecified atom stereocenters. The fraction of sp³-hybridized carbons (Fsp3) is 0.435. The Balaban J connectivity index is 2.12. The Morgan fingerprint density at radius 2 is 2.03 bits per heavy atom. The molecule has 1 heterocycles. The van der Waals surface area contributed by atoms with Crippen LogP contribution in [0.5, 0.6) is 5.88 Å². The van der Waals surface area contributed by atoms with Gasteiger partial charge in [0.1, 0.15) is 18.2 Å². The van der Waals surface area contributed by atoms with Crippen LogP contribution in [0.1, 0.15) is 38.0 Å². The topological polar surface area (TPSA) is 84.3 Å². The fourth-order valence-electron chi connectivity index (χ4n) is 2.32.